The Kier molecular flexibility index (Phi) is 6.72. The number of aliphatic hydroxyl groups excluding tert-OH is 1. The molecular weight excluding hydrogens is 228 g/mol. The van der Waals surface area contributed by atoms with Crippen molar-refractivity contribution in [2.75, 3.05) is 20.3 Å². The molecule has 0 aliphatic heterocycles. The second kappa shape index (κ2) is 8.08. The monoisotopic (exact) mass is 252 g/mol. The van der Waals surface area contributed by atoms with Crippen molar-refractivity contribution < 1.29 is 9.84 Å². The van der Waals surface area contributed by atoms with Gasteiger partial charge in [-0.15, -0.1) is 0 Å². The number of benzene rings is 1. The van der Waals surface area contributed by atoms with Crippen molar-refractivity contribution in [1.29, 1.82) is 0 Å². The number of para-hydroxylation sites is 1. The molecular formula is C14H24N2O2. The lowest BCUT2D eigenvalue weighted by molar-refractivity contribution is 0.273. The van der Waals surface area contributed by atoms with E-state index in [9.17, 15) is 0 Å². The fourth-order valence-electron chi connectivity index (χ4n) is 2.06. The topological polar surface area (TPSA) is 67.5 Å². The van der Waals surface area contributed by atoms with Crippen LogP contribution in [0.15, 0.2) is 24.3 Å². The molecule has 0 fully saturated rings. The van der Waals surface area contributed by atoms with E-state index in [2.05, 4.69) is 12.2 Å². The Morgan fingerprint density at radius 3 is 2.72 bits per heavy atom. The summed E-state index contributed by atoms with van der Waals surface area (Å²) in [7, 11) is 1.67. The molecule has 0 spiro atoms. The van der Waals surface area contributed by atoms with E-state index in [-0.39, 0.29) is 12.6 Å². The normalized spacial score (nSPS) is 14.2. The molecule has 102 valence electrons. The third-order valence-corrected chi connectivity index (χ3v) is 3.03. The summed E-state index contributed by atoms with van der Waals surface area (Å²) >= 11 is 0. The molecule has 4 nitrogen and oxygen atoms in total. The Labute approximate surface area is 109 Å². The predicted molar refractivity (Wildman–Crippen MR) is 73.7 cm³/mol. The number of ether oxygens (including phenoxy) is 1. The Morgan fingerprint density at radius 1 is 1.39 bits per heavy atom. The van der Waals surface area contributed by atoms with Gasteiger partial charge in [-0.1, -0.05) is 18.2 Å². The van der Waals surface area contributed by atoms with Gasteiger partial charge in [-0.2, -0.15) is 0 Å². The van der Waals surface area contributed by atoms with Crippen LogP contribution in [0.3, 0.4) is 0 Å². The number of nitrogens with one attached hydrogen (secondary N) is 1. The first-order chi connectivity index (χ1) is 8.72. The summed E-state index contributed by atoms with van der Waals surface area (Å²) in [5.41, 5.74) is 6.92. The average Bonchev–Trinajstić information content (AvgIpc) is 2.42. The molecule has 4 N–H and O–H groups in total. The Balaban J connectivity index is 2.70. The standard InChI is InChI=1S/C14H24N2O2/c1-11(6-5-9-17)16-13(10-15)12-7-3-4-8-14(12)18-2/h3-4,7-8,11,13,16-17H,5-6,9-10,15H2,1-2H3. The Bertz CT molecular complexity index is 344. The number of methoxy groups -OCH3 is 1. The second-order valence-electron chi connectivity index (χ2n) is 4.46. The predicted octanol–water partition coefficient (Wildman–Crippen LogP) is 1.45. The van der Waals surface area contributed by atoms with Gasteiger partial charge in [0, 0.05) is 30.8 Å². The van der Waals surface area contributed by atoms with E-state index in [4.69, 9.17) is 15.6 Å². The van der Waals surface area contributed by atoms with Gasteiger partial charge in [-0.3, -0.25) is 0 Å². The van der Waals surface area contributed by atoms with Gasteiger partial charge >= 0.3 is 0 Å². The molecule has 0 heterocycles. The lowest BCUT2D eigenvalue weighted by Crippen LogP contribution is -2.35. The lowest BCUT2D eigenvalue weighted by Gasteiger charge is -2.24. The van der Waals surface area contributed by atoms with Gasteiger partial charge in [0.1, 0.15) is 5.75 Å². The molecule has 2 atom stereocenters. The van der Waals surface area contributed by atoms with Crippen LogP contribution in [0, 0.1) is 0 Å². The van der Waals surface area contributed by atoms with Gasteiger partial charge < -0.3 is 20.9 Å². The minimum Gasteiger partial charge on any atom is -0.496 e. The number of rotatable bonds is 8. The summed E-state index contributed by atoms with van der Waals surface area (Å²) in [6, 6.07) is 8.30. The SMILES string of the molecule is COc1ccccc1C(CN)NC(C)CCCO. The van der Waals surface area contributed by atoms with Gasteiger partial charge in [-0.05, 0) is 25.8 Å². The number of hydrogen-bond donors (Lipinski definition) is 3. The smallest absolute Gasteiger partial charge is 0.123 e. The number of hydrogen-bond acceptors (Lipinski definition) is 4. The first-order valence-electron chi connectivity index (χ1n) is 6.42. The fourth-order valence-corrected chi connectivity index (χ4v) is 2.06. The second-order valence-corrected chi connectivity index (χ2v) is 4.46. The van der Waals surface area contributed by atoms with Crippen molar-refractivity contribution in [3.05, 3.63) is 29.8 Å². The van der Waals surface area contributed by atoms with Crippen LogP contribution in [0.1, 0.15) is 31.4 Å². The zero-order valence-corrected chi connectivity index (χ0v) is 11.2. The van der Waals surface area contributed by atoms with E-state index in [1.54, 1.807) is 7.11 Å². The summed E-state index contributed by atoms with van der Waals surface area (Å²) in [4.78, 5) is 0. The minimum absolute atomic E-state index is 0.0786. The van der Waals surface area contributed by atoms with Crippen LogP contribution in [-0.4, -0.2) is 31.4 Å². The summed E-state index contributed by atoms with van der Waals surface area (Å²) in [5.74, 6) is 0.856. The largest absolute Gasteiger partial charge is 0.496 e. The third kappa shape index (κ3) is 4.29. The van der Waals surface area contributed by atoms with Crippen molar-refractivity contribution >= 4 is 0 Å². The first-order valence-corrected chi connectivity index (χ1v) is 6.42. The van der Waals surface area contributed by atoms with Gasteiger partial charge in [0.25, 0.3) is 0 Å². The highest BCUT2D eigenvalue weighted by atomic mass is 16.5. The Morgan fingerprint density at radius 2 is 2.11 bits per heavy atom. The maximum atomic E-state index is 8.83. The molecule has 0 saturated carbocycles. The van der Waals surface area contributed by atoms with Crippen molar-refractivity contribution in [3.63, 3.8) is 0 Å². The molecule has 0 aromatic heterocycles. The maximum Gasteiger partial charge on any atom is 0.123 e. The van der Waals surface area contributed by atoms with Crippen molar-refractivity contribution in [2.24, 2.45) is 5.73 Å². The molecule has 0 aliphatic rings. The van der Waals surface area contributed by atoms with Crippen LogP contribution in [-0.2, 0) is 0 Å². The molecule has 0 bridgehead atoms. The highest BCUT2D eigenvalue weighted by Gasteiger charge is 2.16. The average molecular weight is 252 g/mol. The van der Waals surface area contributed by atoms with E-state index in [1.165, 1.54) is 0 Å². The van der Waals surface area contributed by atoms with E-state index in [0.29, 0.717) is 12.6 Å². The zero-order chi connectivity index (χ0) is 13.4. The van der Waals surface area contributed by atoms with Gasteiger partial charge in [-0.25, -0.2) is 0 Å². The zero-order valence-electron chi connectivity index (χ0n) is 11.2. The molecule has 4 heteroatoms. The first kappa shape index (κ1) is 15.0. The summed E-state index contributed by atoms with van der Waals surface area (Å²) in [6.07, 6.45) is 1.74. The van der Waals surface area contributed by atoms with Gasteiger partial charge in [0.15, 0.2) is 0 Å². The summed E-state index contributed by atoms with van der Waals surface area (Å²) < 4.78 is 5.36. The highest BCUT2D eigenvalue weighted by Crippen LogP contribution is 2.24. The van der Waals surface area contributed by atoms with Crippen molar-refractivity contribution in [1.82, 2.24) is 5.32 Å². The molecule has 0 radical (unpaired) electrons. The molecule has 0 aliphatic carbocycles. The van der Waals surface area contributed by atoms with Crippen LogP contribution in [0.5, 0.6) is 5.75 Å². The number of nitrogens with two attached hydrogens (primary N) is 1. The Hall–Kier alpha value is -1.10. The van der Waals surface area contributed by atoms with E-state index in [1.807, 2.05) is 24.3 Å². The highest BCUT2D eigenvalue weighted by molar-refractivity contribution is 5.36. The van der Waals surface area contributed by atoms with Crippen molar-refractivity contribution in [2.45, 2.75) is 31.8 Å². The lowest BCUT2D eigenvalue weighted by atomic mass is 10.0. The van der Waals surface area contributed by atoms with Crippen LogP contribution in [0.25, 0.3) is 0 Å². The van der Waals surface area contributed by atoms with Crippen LogP contribution >= 0.6 is 0 Å². The summed E-state index contributed by atoms with van der Waals surface area (Å²) in [5, 5.41) is 12.3. The van der Waals surface area contributed by atoms with Crippen LogP contribution in [0.4, 0.5) is 0 Å². The quantitative estimate of drug-likeness (QED) is 0.655. The molecule has 0 saturated heterocycles. The maximum absolute atomic E-state index is 8.83. The van der Waals surface area contributed by atoms with Gasteiger partial charge in [0.05, 0.1) is 7.11 Å². The molecule has 1 aromatic carbocycles. The van der Waals surface area contributed by atoms with Gasteiger partial charge in [0.2, 0.25) is 0 Å². The molecule has 18 heavy (non-hydrogen) atoms. The fraction of sp³-hybridized carbons (Fsp3) is 0.571. The minimum atomic E-state index is 0.0786. The van der Waals surface area contributed by atoms with Crippen LogP contribution in [0.2, 0.25) is 0 Å². The van der Waals surface area contributed by atoms with E-state index < -0.39 is 0 Å². The molecule has 0 amide bonds. The van der Waals surface area contributed by atoms with Crippen molar-refractivity contribution in [3.8, 4) is 5.75 Å². The summed E-state index contributed by atoms with van der Waals surface area (Å²) in [6.45, 7) is 2.85. The molecule has 2 unspecified atom stereocenters. The molecule has 1 rings (SSSR count). The number of aliphatic hydroxyl groups is 1. The van der Waals surface area contributed by atoms with E-state index >= 15 is 0 Å². The molecule has 1 aromatic rings. The third-order valence-electron chi connectivity index (χ3n) is 3.03. The van der Waals surface area contributed by atoms with Crippen LogP contribution < -0.4 is 15.8 Å². The van der Waals surface area contributed by atoms with E-state index in [0.717, 1.165) is 24.2 Å².